The van der Waals surface area contributed by atoms with Gasteiger partial charge < -0.3 is 39.8 Å². The summed E-state index contributed by atoms with van der Waals surface area (Å²) in [5.74, 6) is -5.70. The van der Waals surface area contributed by atoms with E-state index in [0.717, 1.165) is 26.5 Å². The number of rotatable bonds is 12. The van der Waals surface area contributed by atoms with Gasteiger partial charge in [-0.05, 0) is 68.7 Å². The molecule has 0 saturated carbocycles. The second-order valence-electron chi connectivity index (χ2n) is 17.3. The summed E-state index contributed by atoms with van der Waals surface area (Å²) in [6.45, 7) is 7.00. The molecule has 0 spiro atoms. The summed E-state index contributed by atoms with van der Waals surface area (Å²) in [5.41, 5.74) is 0.297. The standard InChI is InChI=1S/C28H21FN2O7.C24H23FN4O5/c1-2-36-28(35)21-25(37-15-17-6-4-3-5-7-17)22-23-24(38-20(27(33)34)14-31(23)26(21)32)18(13-30-22)12-16-8-10-19(29)11-9-16;1-24(2,3)28-21(31)15-11-29-18-17(19(30)16(23(29)33)22(32)26-4)27-10-13(20(18)34-15)9-12-5-7-14(25)8-6-12/h3-11,13-14H,2,12,15H2,1H3,(H,33,34);5-8,10-11,30H,9H2,1-4H3,(H,26,32)(H,28,31). The van der Waals surface area contributed by atoms with Gasteiger partial charge in [-0.2, -0.15) is 0 Å². The molecule has 0 fully saturated rings. The number of nitrogens with one attached hydrogen (secondary N) is 2. The summed E-state index contributed by atoms with van der Waals surface area (Å²) >= 11 is 0. The van der Waals surface area contributed by atoms with Crippen LogP contribution in [0.15, 0.2) is 112 Å². The highest BCUT2D eigenvalue weighted by atomic mass is 19.1. The average Bonchev–Trinajstić information content (AvgIpc) is 3.35. The lowest BCUT2D eigenvalue weighted by Gasteiger charge is -2.25. The van der Waals surface area contributed by atoms with E-state index in [1.165, 1.54) is 49.9 Å². The van der Waals surface area contributed by atoms with Crippen LogP contribution in [-0.4, -0.2) is 72.3 Å². The Balaban J connectivity index is 0.000000194. The fourth-order valence-electron chi connectivity index (χ4n) is 7.78. The van der Waals surface area contributed by atoms with Crippen LogP contribution in [0.3, 0.4) is 0 Å². The largest absolute Gasteiger partial charge is 0.505 e. The van der Waals surface area contributed by atoms with Crippen molar-refractivity contribution in [1.29, 1.82) is 0 Å². The molecule has 72 heavy (non-hydrogen) atoms. The molecule has 4 aromatic heterocycles. The minimum absolute atomic E-state index is 0.00302. The number of carboxylic acid groups (broad SMARTS) is 1. The molecule has 7 aromatic rings. The third-order valence-electron chi connectivity index (χ3n) is 11.0. The number of pyridine rings is 4. The van der Waals surface area contributed by atoms with Crippen molar-refractivity contribution >= 4 is 58.2 Å². The molecule has 0 unspecified atom stereocenters. The summed E-state index contributed by atoms with van der Waals surface area (Å²) in [6.07, 6.45) is 5.50. The molecule has 0 bridgehead atoms. The van der Waals surface area contributed by atoms with Gasteiger partial charge in [0, 0.05) is 48.9 Å². The van der Waals surface area contributed by atoms with Crippen molar-refractivity contribution in [1.82, 2.24) is 29.7 Å². The number of carboxylic acids is 1. The predicted octanol–water partition coefficient (Wildman–Crippen LogP) is 6.45. The Kier molecular flexibility index (Phi) is 13.7. The summed E-state index contributed by atoms with van der Waals surface area (Å²) in [5, 5.41) is 25.5. The van der Waals surface area contributed by atoms with Crippen LogP contribution in [0.25, 0.3) is 34.5 Å². The normalized spacial score (nSPS) is 12.3. The fourth-order valence-corrected chi connectivity index (χ4v) is 7.78. The maximum absolute atomic E-state index is 13.6. The molecule has 368 valence electrons. The van der Waals surface area contributed by atoms with Crippen LogP contribution in [0.1, 0.15) is 76.2 Å². The first-order chi connectivity index (χ1) is 34.4. The van der Waals surface area contributed by atoms with Crippen molar-refractivity contribution in [3.05, 3.63) is 174 Å². The number of aromatic hydroxyl groups is 1. The summed E-state index contributed by atoms with van der Waals surface area (Å²) in [7, 11) is 1.33. The molecule has 0 radical (unpaired) electrons. The molecule has 20 heteroatoms. The molecule has 2 aliphatic heterocycles. The van der Waals surface area contributed by atoms with Gasteiger partial charge in [-0.25, -0.2) is 18.4 Å². The van der Waals surface area contributed by atoms with Crippen molar-refractivity contribution in [3.8, 4) is 23.0 Å². The van der Waals surface area contributed by atoms with Crippen molar-refractivity contribution in [3.63, 3.8) is 0 Å². The molecule has 2 aliphatic rings. The fraction of sp³-hybridized carbons (Fsp3) is 0.192. The van der Waals surface area contributed by atoms with Gasteiger partial charge in [0.15, 0.2) is 28.6 Å². The topological polar surface area (TPSA) is 240 Å². The highest BCUT2D eigenvalue weighted by molar-refractivity contribution is 6.05. The summed E-state index contributed by atoms with van der Waals surface area (Å²) in [6, 6.07) is 20.7. The zero-order chi connectivity index (χ0) is 51.6. The first-order valence-corrected chi connectivity index (χ1v) is 22.2. The van der Waals surface area contributed by atoms with Crippen molar-refractivity contribution in [2.75, 3.05) is 13.7 Å². The average molecular weight is 983 g/mol. The van der Waals surface area contributed by atoms with Crippen molar-refractivity contribution in [2.24, 2.45) is 0 Å². The molecule has 18 nitrogen and oxygen atoms in total. The van der Waals surface area contributed by atoms with Crippen LogP contribution in [0.4, 0.5) is 8.78 Å². The maximum atomic E-state index is 13.6. The van der Waals surface area contributed by atoms with Gasteiger partial charge in [-0.3, -0.25) is 38.3 Å². The van der Waals surface area contributed by atoms with Crippen LogP contribution in [0, 0.1) is 11.6 Å². The minimum atomic E-state index is -1.41. The molecule has 0 aliphatic carbocycles. The number of hydrogen-bond acceptors (Lipinski definition) is 13. The van der Waals surface area contributed by atoms with Gasteiger partial charge in [0.05, 0.1) is 19.0 Å². The van der Waals surface area contributed by atoms with Gasteiger partial charge in [-0.1, -0.05) is 54.6 Å². The highest BCUT2D eigenvalue weighted by Gasteiger charge is 2.34. The number of hydrogen-bond donors (Lipinski definition) is 4. The molecular weight excluding hydrogens is 939 g/mol. The SMILES string of the molecule is CCOC(=O)c1c(OCc2ccccc2)c2ncc(Cc3ccc(F)cc3)c3c2n(c1=O)C=C(C(=O)O)O3.CNC(=O)c1c(O)c2ncc(Cc3ccc(F)cc3)c3c2n(c1=O)C=C(C(=O)NC(C)(C)C)O3. The number of esters is 1. The number of amides is 2. The number of carbonyl (C=O) groups excluding carboxylic acids is 3. The van der Waals surface area contributed by atoms with E-state index in [0.29, 0.717) is 16.7 Å². The van der Waals surface area contributed by atoms with Gasteiger partial charge in [0.25, 0.3) is 22.9 Å². The molecule has 6 heterocycles. The molecular formula is C52H44F2N6O12. The summed E-state index contributed by atoms with van der Waals surface area (Å²) < 4.78 is 51.7. The number of benzene rings is 3. The van der Waals surface area contributed by atoms with E-state index in [4.69, 9.17) is 18.9 Å². The van der Waals surface area contributed by atoms with Gasteiger partial charge in [-0.15, -0.1) is 0 Å². The van der Waals surface area contributed by atoms with Gasteiger partial charge >= 0.3 is 11.9 Å². The molecule has 9 rings (SSSR count). The Hall–Kier alpha value is -9.20. The first kappa shape index (κ1) is 49.2. The Labute approximate surface area is 407 Å². The number of nitrogens with zero attached hydrogens (tertiary/aromatic N) is 4. The van der Waals surface area contributed by atoms with Gasteiger partial charge in [0.1, 0.15) is 45.9 Å². The molecule has 0 saturated heterocycles. The quantitative estimate of drug-likeness (QED) is 0.0963. The number of ether oxygens (including phenoxy) is 4. The zero-order valence-corrected chi connectivity index (χ0v) is 39.2. The predicted molar refractivity (Wildman–Crippen MR) is 258 cm³/mol. The van der Waals surface area contributed by atoms with E-state index in [1.807, 2.05) is 30.3 Å². The Morgan fingerprint density at radius 2 is 1.22 bits per heavy atom. The molecule has 4 N–H and O–H groups in total. The minimum Gasteiger partial charge on any atom is -0.505 e. The molecule has 3 aromatic carbocycles. The first-order valence-electron chi connectivity index (χ1n) is 22.2. The second kappa shape index (κ2) is 20.0. The van der Waals surface area contributed by atoms with Crippen LogP contribution >= 0.6 is 0 Å². The number of aliphatic carboxylic acids is 1. The van der Waals surface area contributed by atoms with E-state index in [1.54, 1.807) is 52.0 Å². The maximum Gasteiger partial charge on any atom is 0.373 e. The smallest absolute Gasteiger partial charge is 0.373 e. The molecule has 0 atom stereocenters. The molecule has 2 amide bonds. The van der Waals surface area contributed by atoms with E-state index >= 15 is 0 Å². The number of aromatic nitrogens is 4. The van der Waals surface area contributed by atoms with Crippen LogP contribution in [0.2, 0.25) is 0 Å². The van der Waals surface area contributed by atoms with Crippen molar-refractivity contribution < 1.29 is 57.1 Å². The lowest BCUT2D eigenvalue weighted by molar-refractivity contribution is -0.135. The van der Waals surface area contributed by atoms with Gasteiger partial charge in [0.2, 0.25) is 11.5 Å². The van der Waals surface area contributed by atoms with Crippen LogP contribution in [-0.2, 0) is 33.8 Å². The lowest BCUT2D eigenvalue weighted by atomic mass is 10.0. The number of carbonyl (C=O) groups is 4. The van der Waals surface area contributed by atoms with Crippen LogP contribution < -0.4 is 36.0 Å². The van der Waals surface area contributed by atoms with Crippen molar-refractivity contribution in [2.45, 2.75) is 52.7 Å². The third-order valence-corrected chi connectivity index (χ3v) is 11.0. The monoisotopic (exact) mass is 982 g/mol. The second-order valence-corrected chi connectivity index (χ2v) is 17.3. The van der Waals surface area contributed by atoms with E-state index in [2.05, 4.69) is 20.6 Å². The zero-order valence-electron chi connectivity index (χ0n) is 39.2. The van der Waals surface area contributed by atoms with E-state index < -0.39 is 68.9 Å². The summed E-state index contributed by atoms with van der Waals surface area (Å²) in [4.78, 5) is 85.7. The lowest BCUT2D eigenvalue weighted by Crippen LogP contribution is -2.43. The Morgan fingerprint density at radius 1 is 0.708 bits per heavy atom. The van der Waals surface area contributed by atoms with Crippen LogP contribution in [0.5, 0.6) is 23.0 Å². The third kappa shape index (κ3) is 9.95. The number of halogens is 2. The highest BCUT2D eigenvalue weighted by Crippen LogP contribution is 2.40. The van der Waals surface area contributed by atoms with E-state index in [-0.39, 0.29) is 76.9 Å². The Bertz CT molecular complexity index is 3530. The Morgan fingerprint density at radius 3 is 1.75 bits per heavy atom. The van der Waals surface area contributed by atoms with E-state index in [9.17, 15) is 47.8 Å².